The van der Waals surface area contributed by atoms with Crippen LogP contribution in [0.4, 0.5) is 0 Å². The average Bonchev–Trinajstić information content (AvgIpc) is 2.14. The maximum absolute atomic E-state index is 5.95. The molecule has 0 radical (unpaired) electrons. The molecule has 1 aliphatic rings. The molecule has 3 heteroatoms. The van der Waals surface area contributed by atoms with Crippen LogP contribution in [0.3, 0.4) is 0 Å². The van der Waals surface area contributed by atoms with E-state index in [2.05, 4.69) is 54.0 Å². The minimum atomic E-state index is 0. The van der Waals surface area contributed by atoms with Crippen LogP contribution in [0.25, 0.3) is 0 Å². The van der Waals surface area contributed by atoms with Gasteiger partial charge in [-0.15, -0.1) is 12.4 Å². The third kappa shape index (κ3) is 2.44. The summed E-state index contributed by atoms with van der Waals surface area (Å²) >= 11 is 3.47. The molecule has 0 atom stereocenters. The number of rotatable bonds is 2. The van der Waals surface area contributed by atoms with E-state index in [1.165, 1.54) is 18.4 Å². The molecule has 1 fully saturated rings. The molecule has 2 rings (SSSR count). The maximum atomic E-state index is 5.95. The predicted octanol–water partition coefficient (Wildman–Crippen LogP) is 3.89. The number of halogens is 2. The first-order valence-electron chi connectivity index (χ1n) is 5.44. The fourth-order valence-electron chi connectivity index (χ4n) is 3.05. The minimum Gasteiger partial charge on any atom is -0.330 e. The summed E-state index contributed by atoms with van der Waals surface area (Å²) in [5, 5.41) is 0. The maximum Gasteiger partial charge on any atom is 0.0175 e. The van der Waals surface area contributed by atoms with Crippen molar-refractivity contribution in [2.45, 2.75) is 32.1 Å². The molecule has 0 aromatic heterocycles. The van der Waals surface area contributed by atoms with Gasteiger partial charge in [0, 0.05) is 16.4 Å². The first kappa shape index (κ1) is 14.0. The molecule has 0 bridgehead atoms. The second-order valence-electron chi connectivity index (χ2n) is 5.51. The van der Waals surface area contributed by atoms with E-state index < -0.39 is 0 Å². The summed E-state index contributed by atoms with van der Waals surface area (Å²) in [6, 6.07) is 8.62. The Hall–Kier alpha value is -0.0500. The number of hydrogen-bond donors (Lipinski definition) is 1. The van der Waals surface area contributed by atoms with Crippen molar-refractivity contribution >= 4 is 28.3 Å². The Kier molecular flexibility index (Phi) is 4.09. The number of benzene rings is 1. The van der Waals surface area contributed by atoms with E-state index in [9.17, 15) is 0 Å². The van der Waals surface area contributed by atoms with Gasteiger partial charge in [0.1, 0.15) is 0 Å². The zero-order chi connectivity index (χ0) is 11.1. The average molecular weight is 305 g/mol. The summed E-state index contributed by atoms with van der Waals surface area (Å²) < 4.78 is 1.14. The van der Waals surface area contributed by atoms with Gasteiger partial charge in [-0.1, -0.05) is 41.9 Å². The summed E-state index contributed by atoms with van der Waals surface area (Å²) in [7, 11) is 0. The molecule has 2 N–H and O–H groups in total. The summed E-state index contributed by atoms with van der Waals surface area (Å²) in [6.45, 7) is 5.40. The van der Waals surface area contributed by atoms with Crippen LogP contribution in [0.5, 0.6) is 0 Å². The van der Waals surface area contributed by atoms with Crippen molar-refractivity contribution in [2.75, 3.05) is 6.54 Å². The van der Waals surface area contributed by atoms with Gasteiger partial charge in [-0.2, -0.15) is 0 Å². The van der Waals surface area contributed by atoms with Crippen LogP contribution >= 0.6 is 28.3 Å². The first-order chi connectivity index (χ1) is 6.97. The van der Waals surface area contributed by atoms with Crippen LogP contribution in [0.2, 0.25) is 0 Å². The lowest BCUT2D eigenvalue weighted by Crippen LogP contribution is -2.51. The van der Waals surface area contributed by atoms with Gasteiger partial charge in [0.15, 0.2) is 0 Å². The van der Waals surface area contributed by atoms with Gasteiger partial charge in [0.05, 0.1) is 0 Å². The standard InChI is InChI=1S/C13H18BrN.ClH/c1-12(2)7-13(8-12,9-15)10-3-5-11(14)6-4-10;/h3-6H,7-9,15H2,1-2H3;1H. The second kappa shape index (κ2) is 4.67. The quantitative estimate of drug-likeness (QED) is 0.881. The first-order valence-corrected chi connectivity index (χ1v) is 6.23. The fraction of sp³-hybridized carbons (Fsp3) is 0.538. The molecule has 1 aromatic carbocycles. The highest BCUT2D eigenvalue weighted by Gasteiger charge is 2.48. The third-order valence-corrected chi connectivity index (χ3v) is 4.01. The smallest absolute Gasteiger partial charge is 0.0175 e. The van der Waals surface area contributed by atoms with Crippen molar-refractivity contribution in [1.82, 2.24) is 0 Å². The molecule has 1 nitrogen and oxygen atoms in total. The normalized spacial score (nSPS) is 20.8. The second-order valence-corrected chi connectivity index (χ2v) is 6.42. The third-order valence-electron chi connectivity index (χ3n) is 3.48. The Bertz CT molecular complexity index is 351. The van der Waals surface area contributed by atoms with E-state index >= 15 is 0 Å². The molecule has 1 saturated carbocycles. The lowest BCUT2D eigenvalue weighted by molar-refractivity contribution is 0.0634. The zero-order valence-electron chi connectivity index (χ0n) is 9.79. The molecule has 1 aliphatic carbocycles. The van der Waals surface area contributed by atoms with Crippen LogP contribution in [0.15, 0.2) is 28.7 Å². The van der Waals surface area contributed by atoms with Crippen LogP contribution < -0.4 is 5.73 Å². The zero-order valence-corrected chi connectivity index (χ0v) is 12.2. The van der Waals surface area contributed by atoms with Crippen LogP contribution in [0, 0.1) is 5.41 Å². The highest BCUT2D eigenvalue weighted by atomic mass is 79.9. The lowest BCUT2D eigenvalue weighted by atomic mass is 9.52. The Morgan fingerprint density at radius 3 is 2.06 bits per heavy atom. The van der Waals surface area contributed by atoms with Gasteiger partial charge in [-0.05, 0) is 36.0 Å². The van der Waals surface area contributed by atoms with Gasteiger partial charge in [0.2, 0.25) is 0 Å². The SMILES string of the molecule is CC1(C)CC(CN)(c2ccc(Br)cc2)C1.Cl. The fourth-order valence-corrected chi connectivity index (χ4v) is 3.31. The largest absolute Gasteiger partial charge is 0.330 e. The van der Waals surface area contributed by atoms with Crippen LogP contribution in [0.1, 0.15) is 32.3 Å². The predicted molar refractivity (Wildman–Crippen MR) is 75.1 cm³/mol. The highest BCUT2D eigenvalue weighted by Crippen LogP contribution is 2.54. The van der Waals surface area contributed by atoms with Crippen molar-refractivity contribution in [3.8, 4) is 0 Å². The minimum absolute atomic E-state index is 0. The van der Waals surface area contributed by atoms with Crippen molar-refractivity contribution < 1.29 is 0 Å². The number of nitrogens with two attached hydrogens (primary N) is 1. The topological polar surface area (TPSA) is 26.0 Å². The number of hydrogen-bond acceptors (Lipinski definition) is 1. The molecule has 0 unspecified atom stereocenters. The molecule has 90 valence electrons. The Morgan fingerprint density at radius 2 is 1.69 bits per heavy atom. The molecule has 0 saturated heterocycles. The van der Waals surface area contributed by atoms with Gasteiger partial charge in [-0.25, -0.2) is 0 Å². The van der Waals surface area contributed by atoms with Gasteiger partial charge < -0.3 is 5.73 Å². The summed E-state index contributed by atoms with van der Waals surface area (Å²) in [5.74, 6) is 0. The molecule has 0 amide bonds. The summed E-state index contributed by atoms with van der Waals surface area (Å²) in [4.78, 5) is 0. The lowest BCUT2D eigenvalue weighted by Gasteiger charge is -2.53. The highest BCUT2D eigenvalue weighted by molar-refractivity contribution is 9.10. The molecule has 16 heavy (non-hydrogen) atoms. The van der Waals surface area contributed by atoms with Crippen molar-refractivity contribution in [1.29, 1.82) is 0 Å². The monoisotopic (exact) mass is 303 g/mol. The van der Waals surface area contributed by atoms with E-state index in [0.717, 1.165) is 11.0 Å². The van der Waals surface area contributed by atoms with Gasteiger partial charge in [-0.3, -0.25) is 0 Å². The van der Waals surface area contributed by atoms with E-state index in [1.807, 2.05) is 0 Å². The van der Waals surface area contributed by atoms with E-state index in [-0.39, 0.29) is 17.8 Å². The van der Waals surface area contributed by atoms with Gasteiger partial charge in [0.25, 0.3) is 0 Å². The van der Waals surface area contributed by atoms with Crippen molar-refractivity contribution in [2.24, 2.45) is 11.1 Å². The van der Waals surface area contributed by atoms with E-state index in [4.69, 9.17) is 5.73 Å². The Labute approximate surface area is 112 Å². The summed E-state index contributed by atoms with van der Waals surface area (Å²) in [6.07, 6.45) is 2.41. The van der Waals surface area contributed by atoms with Crippen molar-refractivity contribution in [3.63, 3.8) is 0 Å². The molecule has 0 heterocycles. The van der Waals surface area contributed by atoms with Crippen LogP contribution in [-0.4, -0.2) is 6.54 Å². The molecular weight excluding hydrogens is 286 g/mol. The molecular formula is C13H19BrClN. The molecule has 0 spiro atoms. The van der Waals surface area contributed by atoms with Gasteiger partial charge >= 0.3 is 0 Å². The Morgan fingerprint density at radius 1 is 1.19 bits per heavy atom. The van der Waals surface area contributed by atoms with Crippen LogP contribution in [-0.2, 0) is 5.41 Å². The van der Waals surface area contributed by atoms with E-state index in [0.29, 0.717) is 5.41 Å². The molecule has 1 aromatic rings. The summed E-state index contributed by atoms with van der Waals surface area (Å²) in [5.41, 5.74) is 8.05. The molecule has 0 aliphatic heterocycles. The van der Waals surface area contributed by atoms with E-state index in [1.54, 1.807) is 0 Å². The van der Waals surface area contributed by atoms with Crippen molar-refractivity contribution in [3.05, 3.63) is 34.3 Å². The Balaban J connectivity index is 0.00000128.